The van der Waals surface area contributed by atoms with Crippen LogP contribution in [0.15, 0.2) is 90.3 Å². The zero-order valence-corrected chi connectivity index (χ0v) is 25.2. The van der Waals surface area contributed by atoms with E-state index in [4.69, 9.17) is 21.1 Å². The molecule has 0 aliphatic carbocycles. The summed E-state index contributed by atoms with van der Waals surface area (Å²) in [5.41, 5.74) is 5.45. The summed E-state index contributed by atoms with van der Waals surface area (Å²) in [6.45, 7) is 3.34. The Bertz CT molecular complexity index is 1790. The zero-order chi connectivity index (χ0) is 30.5. The van der Waals surface area contributed by atoms with Gasteiger partial charge in [-0.25, -0.2) is 5.01 Å². The van der Waals surface area contributed by atoms with E-state index < -0.39 is 0 Å². The molecule has 10 nitrogen and oxygen atoms in total. The number of hydrogen-bond donors (Lipinski definition) is 1. The van der Waals surface area contributed by atoms with E-state index in [9.17, 15) is 4.79 Å². The number of rotatable bonds is 11. The van der Waals surface area contributed by atoms with Gasteiger partial charge in [-0.3, -0.25) is 14.5 Å². The number of aromatic nitrogens is 4. The Balaban J connectivity index is 0.992. The van der Waals surface area contributed by atoms with Gasteiger partial charge in [-0.2, -0.15) is 5.10 Å². The lowest BCUT2D eigenvalue weighted by molar-refractivity contribution is -0.130. The van der Waals surface area contributed by atoms with E-state index in [2.05, 4.69) is 25.7 Å². The van der Waals surface area contributed by atoms with Gasteiger partial charge in [0.1, 0.15) is 23.8 Å². The van der Waals surface area contributed by atoms with Crippen molar-refractivity contribution in [3.63, 3.8) is 0 Å². The predicted molar refractivity (Wildman–Crippen MR) is 170 cm³/mol. The van der Waals surface area contributed by atoms with E-state index in [0.29, 0.717) is 23.8 Å². The van der Waals surface area contributed by atoms with Gasteiger partial charge in [0.2, 0.25) is 5.91 Å². The smallest absolute Gasteiger partial charge is 0.240 e. The van der Waals surface area contributed by atoms with Crippen LogP contribution in [0.3, 0.4) is 0 Å². The van der Waals surface area contributed by atoms with Crippen LogP contribution in [0.25, 0.3) is 10.9 Å². The molecule has 3 aromatic carbocycles. The van der Waals surface area contributed by atoms with Crippen LogP contribution in [0.1, 0.15) is 42.6 Å². The minimum Gasteiger partial charge on any atom is -0.497 e. The van der Waals surface area contributed by atoms with Crippen molar-refractivity contribution in [1.29, 1.82) is 0 Å². The lowest BCUT2D eigenvalue weighted by Gasteiger charge is -2.20. The molecule has 1 amide bonds. The second kappa shape index (κ2) is 13.1. The monoisotopic (exact) mass is 609 g/mol. The lowest BCUT2D eigenvalue weighted by Crippen LogP contribution is -2.24. The Morgan fingerprint density at radius 1 is 1.05 bits per heavy atom. The van der Waals surface area contributed by atoms with E-state index in [0.717, 1.165) is 64.4 Å². The van der Waals surface area contributed by atoms with Gasteiger partial charge in [0.15, 0.2) is 0 Å². The van der Waals surface area contributed by atoms with Crippen molar-refractivity contribution in [2.75, 3.05) is 19.0 Å². The van der Waals surface area contributed by atoms with Crippen molar-refractivity contribution in [3.8, 4) is 11.5 Å². The molecule has 0 bridgehead atoms. The summed E-state index contributed by atoms with van der Waals surface area (Å²) < 4.78 is 13.1. The Labute approximate surface area is 260 Å². The highest BCUT2D eigenvalue weighted by Crippen LogP contribution is 2.34. The number of hydrogen-bond acceptors (Lipinski definition) is 8. The number of ether oxygens (including phenoxy) is 2. The maximum atomic E-state index is 12.3. The molecule has 0 saturated heterocycles. The molecule has 1 aliphatic heterocycles. The van der Waals surface area contributed by atoms with Crippen molar-refractivity contribution < 1.29 is 14.3 Å². The second-order valence-corrected chi connectivity index (χ2v) is 10.9. The number of methoxy groups -OCH3 is 1. The maximum absolute atomic E-state index is 12.3. The predicted octanol–water partition coefficient (Wildman–Crippen LogP) is 6.27. The van der Waals surface area contributed by atoms with E-state index >= 15 is 0 Å². The standard InChI is InChI=1S/C33H32ClN7O3/c1-22(42)41-33(24-6-9-27(43-2)10-7-24)19-31(38-41)23-4-11-28(12-5-23)44-21-26-20-40(39-37-26)17-3-15-35-30-14-16-36-32-18-25(34)8-13-29(30)32/h4-14,16,18,20,33H,3,15,17,19,21H2,1-2H3,(H,35,36). The van der Waals surface area contributed by atoms with Crippen molar-refractivity contribution >= 4 is 39.8 Å². The van der Waals surface area contributed by atoms with Gasteiger partial charge >= 0.3 is 0 Å². The van der Waals surface area contributed by atoms with Crippen LogP contribution in [0.4, 0.5) is 5.69 Å². The number of aryl methyl sites for hydroxylation is 1. The molecule has 0 fully saturated rings. The molecule has 3 heterocycles. The van der Waals surface area contributed by atoms with Crippen molar-refractivity contribution in [3.05, 3.63) is 107 Å². The molecule has 1 N–H and O–H groups in total. The summed E-state index contributed by atoms with van der Waals surface area (Å²) in [6, 6.07) is 23.0. The first kappa shape index (κ1) is 29.1. The molecule has 0 saturated carbocycles. The maximum Gasteiger partial charge on any atom is 0.240 e. The molecule has 2 aromatic heterocycles. The molecule has 11 heteroatoms. The summed E-state index contributed by atoms with van der Waals surface area (Å²) >= 11 is 6.09. The Morgan fingerprint density at radius 3 is 2.61 bits per heavy atom. The third-order valence-corrected chi connectivity index (χ3v) is 7.71. The highest BCUT2D eigenvalue weighted by molar-refractivity contribution is 6.31. The first-order chi connectivity index (χ1) is 21.5. The van der Waals surface area contributed by atoms with Gasteiger partial charge in [-0.1, -0.05) is 28.9 Å². The number of amides is 1. The average molecular weight is 610 g/mol. The first-order valence-corrected chi connectivity index (χ1v) is 14.8. The minimum absolute atomic E-state index is 0.0989. The van der Waals surface area contributed by atoms with E-state index in [1.54, 1.807) is 18.3 Å². The van der Waals surface area contributed by atoms with Gasteiger partial charge < -0.3 is 14.8 Å². The number of benzene rings is 3. The molecule has 0 spiro atoms. The van der Waals surface area contributed by atoms with Gasteiger partial charge in [-0.15, -0.1) is 5.10 Å². The fourth-order valence-corrected chi connectivity index (χ4v) is 5.38. The van der Waals surface area contributed by atoms with Crippen LogP contribution in [-0.4, -0.2) is 50.3 Å². The average Bonchev–Trinajstić information content (AvgIpc) is 3.70. The number of carbonyl (C=O) groups excluding carboxylic acids is 1. The zero-order valence-electron chi connectivity index (χ0n) is 24.5. The molecule has 1 aliphatic rings. The van der Waals surface area contributed by atoms with E-state index in [1.165, 1.54) is 6.92 Å². The van der Waals surface area contributed by atoms with Crippen LogP contribution in [0.2, 0.25) is 5.02 Å². The molecule has 224 valence electrons. The molecule has 0 radical (unpaired) electrons. The number of carbonyl (C=O) groups is 1. The van der Waals surface area contributed by atoms with Crippen molar-refractivity contribution in [2.45, 2.75) is 39.0 Å². The topological polar surface area (TPSA) is 107 Å². The van der Waals surface area contributed by atoms with Gasteiger partial charge in [-0.05, 0) is 78.2 Å². The number of hydrazone groups is 1. The van der Waals surface area contributed by atoms with Crippen LogP contribution >= 0.6 is 11.6 Å². The minimum atomic E-state index is -0.155. The van der Waals surface area contributed by atoms with Gasteiger partial charge in [0.25, 0.3) is 0 Å². The third-order valence-electron chi connectivity index (χ3n) is 7.48. The largest absolute Gasteiger partial charge is 0.497 e. The SMILES string of the molecule is COc1ccc(C2CC(c3ccc(OCc4cn(CCCNc5ccnc6cc(Cl)ccc56)nn4)cc3)=NN2C(C)=O)cc1. The number of pyridine rings is 1. The molecular formula is C33H32ClN7O3. The number of fused-ring (bicyclic) bond motifs is 1. The summed E-state index contributed by atoms with van der Waals surface area (Å²) in [4.78, 5) is 16.7. The highest BCUT2D eigenvalue weighted by Gasteiger charge is 2.31. The molecule has 1 unspecified atom stereocenters. The highest BCUT2D eigenvalue weighted by atomic mass is 35.5. The molecule has 1 atom stereocenters. The Morgan fingerprint density at radius 2 is 1.84 bits per heavy atom. The first-order valence-electron chi connectivity index (χ1n) is 14.4. The number of nitrogens with one attached hydrogen (secondary N) is 1. The van der Waals surface area contributed by atoms with Crippen LogP contribution in [0, 0.1) is 0 Å². The number of halogens is 1. The van der Waals surface area contributed by atoms with Gasteiger partial charge in [0.05, 0.1) is 30.6 Å². The molecule has 44 heavy (non-hydrogen) atoms. The number of nitrogens with zero attached hydrogens (tertiary/aromatic N) is 6. The Hall–Kier alpha value is -4.96. The number of anilines is 1. The lowest BCUT2D eigenvalue weighted by atomic mass is 9.98. The summed E-state index contributed by atoms with van der Waals surface area (Å²) in [6.07, 6.45) is 5.18. The van der Waals surface area contributed by atoms with Crippen LogP contribution in [0.5, 0.6) is 11.5 Å². The summed E-state index contributed by atoms with van der Waals surface area (Å²) in [5.74, 6) is 1.39. The molecular weight excluding hydrogens is 578 g/mol. The van der Waals surface area contributed by atoms with E-state index in [-0.39, 0.29) is 11.9 Å². The van der Waals surface area contributed by atoms with E-state index in [1.807, 2.05) is 83.7 Å². The molecule has 6 rings (SSSR count). The second-order valence-electron chi connectivity index (χ2n) is 10.5. The van der Waals surface area contributed by atoms with Gasteiger partial charge in [0, 0.05) is 48.7 Å². The summed E-state index contributed by atoms with van der Waals surface area (Å²) in [7, 11) is 1.63. The van der Waals surface area contributed by atoms with Crippen LogP contribution in [-0.2, 0) is 17.9 Å². The fraction of sp³-hybridized carbons (Fsp3) is 0.242. The Kier molecular flexibility index (Phi) is 8.69. The van der Waals surface area contributed by atoms with Crippen molar-refractivity contribution in [2.24, 2.45) is 5.10 Å². The van der Waals surface area contributed by atoms with Crippen LogP contribution < -0.4 is 14.8 Å². The quantitative estimate of drug-likeness (QED) is 0.176. The van der Waals surface area contributed by atoms with Crippen molar-refractivity contribution in [1.82, 2.24) is 25.0 Å². The summed E-state index contributed by atoms with van der Waals surface area (Å²) in [5, 5.41) is 19.9. The molecule has 5 aromatic rings. The fourth-order valence-electron chi connectivity index (χ4n) is 5.22. The normalized spacial score (nSPS) is 14.5. The third kappa shape index (κ3) is 6.65.